The van der Waals surface area contributed by atoms with Crippen LogP contribution in [0.15, 0.2) is 12.1 Å². The summed E-state index contributed by atoms with van der Waals surface area (Å²) in [6.45, 7) is 0. The molecule has 1 aromatic rings. The third kappa shape index (κ3) is 3.46. The summed E-state index contributed by atoms with van der Waals surface area (Å²) in [7, 11) is 0. The van der Waals surface area contributed by atoms with E-state index in [1.165, 1.54) is 0 Å². The van der Waals surface area contributed by atoms with Gasteiger partial charge in [-0.25, -0.2) is 8.78 Å². The van der Waals surface area contributed by atoms with Crippen molar-refractivity contribution < 1.29 is 18.7 Å². The Hall–Kier alpha value is -1.20. The number of halogens is 3. The van der Waals surface area contributed by atoms with Gasteiger partial charge in [0.15, 0.2) is 11.6 Å². The molecule has 0 aromatic heterocycles. The van der Waals surface area contributed by atoms with Crippen LogP contribution in [0.4, 0.5) is 8.78 Å². The third-order valence-electron chi connectivity index (χ3n) is 3.55. The van der Waals surface area contributed by atoms with Crippen molar-refractivity contribution in [2.45, 2.75) is 44.2 Å². The van der Waals surface area contributed by atoms with E-state index < -0.39 is 23.6 Å². The summed E-state index contributed by atoms with van der Waals surface area (Å²) in [5.41, 5.74) is -0.123. The minimum atomic E-state index is -1.12. The molecular weight excluding hydrogens is 288 g/mol. The smallest absolute Gasteiger partial charge is 0.253 e. The van der Waals surface area contributed by atoms with Gasteiger partial charge in [0, 0.05) is 0 Å². The number of hydrogen-bond donors (Lipinski definition) is 2. The molecule has 1 fully saturated rings. The molecule has 0 spiro atoms. The van der Waals surface area contributed by atoms with Gasteiger partial charge in [0.1, 0.15) is 0 Å². The largest absolute Gasteiger partial charge is 0.391 e. The van der Waals surface area contributed by atoms with E-state index in [0.717, 1.165) is 31.4 Å². The van der Waals surface area contributed by atoms with Crippen LogP contribution >= 0.6 is 11.6 Å². The average Bonchev–Trinajstić information content (AvgIpc) is 2.59. The molecule has 1 saturated carbocycles. The van der Waals surface area contributed by atoms with Gasteiger partial charge in [0.2, 0.25) is 0 Å². The SMILES string of the molecule is O=C(NC1CCCCCC1O)c1cc(F)c(F)cc1Cl. The van der Waals surface area contributed by atoms with Crippen LogP contribution in [0.1, 0.15) is 42.5 Å². The molecule has 2 atom stereocenters. The van der Waals surface area contributed by atoms with Crippen molar-refractivity contribution in [3.8, 4) is 0 Å². The molecule has 2 N–H and O–H groups in total. The maximum atomic E-state index is 13.2. The zero-order valence-corrected chi connectivity index (χ0v) is 11.6. The van der Waals surface area contributed by atoms with Crippen molar-refractivity contribution in [3.05, 3.63) is 34.4 Å². The van der Waals surface area contributed by atoms with Crippen LogP contribution in [-0.2, 0) is 0 Å². The van der Waals surface area contributed by atoms with Crippen molar-refractivity contribution >= 4 is 17.5 Å². The number of carbonyl (C=O) groups excluding carboxylic acids is 1. The highest BCUT2D eigenvalue weighted by Crippen LogP contribution is 2.22. The molecule has 1 aromatic carbocycles. The van der Waals surface area contributed by atoms with Crippen molar-refractivity contribution in [2.75, 3.05) is 0 Å². The lowest BCUT2D eigenvalue weighted by Crippen LogP contribution is -2.42. The molecule has 1 amide bonds. The molecule has 2 rings (SSSR count). The number of carbonyl (C=O) groups is 1. The molecule has 0 aliphatic heterocycles. The number of benzene rings is 1. The minimum absolute atomic E-state index is 0.123. The molecule has 110 valence electrons. The van der Waals surface area contributed by atoms with E-state index in [0.29, 0.717) is 12.8 Å². The highest BCUT2D eigenvalue weighted by Gasteiger charge is 2.25. The molecule has 2 unspecified atom stereocenters. The number of rotatable bonds is 2. The summed E-state index contributed by atoms with van der Waals surface area (Å²) >= 11 is 5.75. The quantitative estimate of drug-likeness (QED) is 0.652. The first-order valence-corrected chi connectivity index (χ1v) is 7.00. The van der Waals surface area contributed by atoms with Crippen LogP contribution in [0.3, 0.4) is 0 Å². The van der Waals surface area contributed by atoms with E-state index in [9.17, 15) is 18.7 Å². The Morgan fingerprint density at radius 1 is 1.20 bits per heavy atom. The van der Waals surface area contributed by atoms with Crippen molar-refractivity contribution in [2.24, 2.45) is 0 Å². The predicted octanol–water partition coefficient (Wildman–Crippen LogP) is 3.04. The van der Waals surface area contributed by atoms with Crippen LogP contribution in [-0.4, -0.2) is 23.2 Å². The molecule has 20 heavy (non-hydrogen) atoms. The van der Waals surface area contributed by atoms with Gasteiger partial charge in [-0.2, -0.15) is 0 Å². The van der Waals surface area contributed by atoms with E-state index >= 15 is 0 Å². The number of aliphatic hydroxyl groups is 1. The van der Waals surface area contributed by atoms with Crippen molar-refractivity contribution in [1.82, 2.24) is 5.32 Å². The van der Waals surface area contributed by atoms with Crippen LogP contribution in [0.5, 0.6) is 0 Å². The third-order valence-corrected chi connectivity index (χ3v) is 3.86. The first kappa shape index (κ1) is 15.2. The lowest BCUT2D eigenvalue weighted by Gasteiger charge is -2.22. The Kier molecular flexibility index (Phi) is 4.94. The molecule has 6 heteroatoms. The molecule has 0 bridgehead atoms. The van der Waals surface area contributed by atoms with E-state index in [1.807, 2.05) is 0 Å². The second-order valence-corrected chi connectivity index (χ2v) is 5.44. The van der Waals surface area contributed by atoms with E-state index in [-0.39, 0.29) is 16.6 Å². The normalized spacial score (nSPS) is 23.2. The van der Waals surface area contributed by atoms with Crippen LogP contribution in [0.25, 0.3) is 0 Å². The highest BCUT2D eigenvalue weighted by atomic mass is 35.5. The van der Waals surface area contributed by atoms with E-state index in [1.54, 1.807) is 0 Å². The maximum absolute atomic E-state index is 13.2. The van der Waals surface area contributed by atoms with Crippen LogP contribution in [0, 0.1) is 11.6 Å². The summed E-state index contributed by atoms with van der Waals surface area (Å²) in [6.07, 6.45) is 3.50. The van der Waals surface area contributed by atoms with Gasteiger partial charge in [-0.3, -0.25) is 4.79 Å². The molecule has 1 aliphatic carbocycles. The molecule has 0 heterocycles. The van der Waals surface area contributed by atoms with Gasteiger partial charge in [-0.15, -0.1) is 0 Å². The minimum Gasteiger partial charge on any atom is -0.391 e. The first-order valence-electron chi connectivity index (χ1n) is 6.62. The zero-order valence-electron chi connectivity index (χ0n) is 10.8. The Bertz CT molecular complexity index is 510. The lowest BCUT2D eigenvalue weighted by atomic mass is 10.1. The second kappa shape index (κ2) is 6.50. The molecular formula is C14H16ClF2NO2. The van der Waals surface area contributed by atoms with Gasteiger partial charge in [0.05, 0.1) is 22.7 Å². The van der Waals surface area contributed by atoms with E-state index in [2.05, 4.69) is 5.32 Å². The average molecular weight is 304 g/mol. The number of aliphatic hydroxyl groups excluding tert-OH is 1. The Balaban J connectivity index is 2.13. The summed E-state index contributed by atoms with van der Waals surface area (Å²) in [5, 5.41) is 12.4. The van der Waals surface area contributed by atoms with E-state index in [4.69, 9.17) is 11.6 Å². The van der Waals surface area contributed by atoms with Gasteiger partial charge in [-0.1, -0.05) is 30.9 Å². The first-order chi connectivity index (χ1) is 9.49. The lowest BCUT2D eigenvalue weighted by molar-refractivity contribution is 0.0818. The van der Waals surface area contributed by atoms with Gasteiger partial charge >= 0.3 is 0 Å². The summed E-state index contributed by atoms with van der Waals surface area (Å²) in [5.74, 6) is -2.82. The van der Waals surface area contributed by atoms with Gasteiger partial charge in [-0.05, 0) is 25.0 Å². The number of hydrogen-bond acceptors (Lipinski definition) is 2. The standard InChI is InChI=1S/C14H16ClF2NO2/c15-9-7-11(17)10(16)6-8(9)14(20)18-12-4-2-1-3-5-13(12)19/h6-7,12-13,19H,1-5H2,(H,18,20). The fourth-order valence-electron chi connectivity index (χ4n) is 2.40. The van der Waals surface area contributed by atoms with Crippen molar-refractivity contribution in [1.29, 1.82) is 0 Å². The predicted molar refractivity (Wildman–Crippen MR) is 71.7 cm³/mol. The fraction of sp³-hybridized carbons (Fsp3) is 0.500. The van der Waals surface area contributed by atoms with Crippen molar-refractivity contribution in [3.63, 3.8) is 0 Å². The summed E-state index contributed by atoms with van der Waals surface area (Å²) in [4.78, 5) is 12.1. The van der Waals surface area contributed by atoms with Crippen LogP contribution in [0.2, 0.25) is 5.02 Å². The second-order valence-electron chi connectivity index (χ2n) is 5.03. The molecule has 1 aliphatic rings. The molecule has 3 nitrogen and oxygen atoms in total. The van der Waals surface area contributed by atoms with Gasteiger partial charge < -0.3 is 10.4 Å². The zero-order chi connectivity index (χ0) is 14.7. The molecule has 0 saturated heterocycles. The maximum Gasteiger partial charge on any atom is 0.253 e. The molecule has 0 radical (unpaired) electrons. The summed E-state index contributed by atoms with van der Waals surface area (Å²) in [6, 6.07) is 1.17. The monoisotopic (exact) mass is 303 g/mol. The Morgan fingerprint density at radius 2 is 1.85 bits per heavy atom. The number of nitrogens with one attached hydrogen (secondary N) is 1. The fourth-order valence-corrected chi connectivity index (χ4v) is 2.64. The van der Waals surface area contributed by atoms with Gasteiger partial charge in [0.25, 0.3) is 5.91 Å². The summed E-state index contributed by atoms with van der Waals surface area (Å²) < 4.78 is 26.1. The number of amides is 1. The topological polar surface area (TPSA) is 49.3 Å². The Labute approximate surface area is 120 Å². The van der Waals surface area contributed by atoms with Crippen LogP contribution < -0.4 is 5.32 Å². The highest BCUT2D eigenvalue weighted by molar-refractivity contribution is 6.33. The Morgan fingerprint density at radius 3 is 2.60 bits per heavy atom.